The fraction of sp³-hybridized carbons (Fsp3) is 0.929. The first-order chi connectivity index (χ1) is 8.76. The number of hydrogen-bond acceptors (Lipinski definition) is 3. The molecule has 0 radical (unpaired) electrons. The largest absolute Gasteiger partial charge is 0.355 e. The molecule has 1 fully saturated rings. The van der Waals surface area contributed by atoms with Crippen LogP contribution in [0.3, 0.4) is 0 Å². The molecule has 4 heteroatoms. The van der Waals surface area contributed by atoms with Crippen molar-refractivity contribution >= 4 is 5.91 Å². The van der Waals surface area contributed by atoms with Gasteiger partial charge in [0, 0.05) is 13.1 Å². The summed E-state index contributed by atoms with van der Waals surface area (Å²) < 4.78 is 0. The van der Waals surface area contributed by atoms with Crippen molar-refractivity contribution in [2.75, 3.05) is 39.3 Å². The second kappa shape index (κ2) is 9.34. The number of carbonyl (C=O) groups excluding carboxylic acids is 1. The van der Waals surface area contributed by atoms with E-state index in [4.69, 9.17) is 0 Å². The van der Waals surface area contributed by atoms with Crippen LogP contribution in [0, 0.1) is 5.92 Å². The standard InChI is InChI=1S/C14H29N3O/c1-3-5-8-16-14(18)12-17(4-2)11-13-6-9-15-10-7-13/h13,15H,3-12H2,1-2H3,(H,16,18). The third kappa shape index (κ3) is 6.36. The summed E-state index contributed by atoms with van der Waals surface area (Å²) in [7, 11) is 0. The summed E-state index contributed by atoms with van der Waals surface area (Å²) >= 11 is 0. The van der Waals surface area contributed by atoms with E-state index in [-0.39, 0.29) is 5.91 Å². The minimum atomic E-state index is 0.180. The molecule has 4 nitrogen and oxygen atoms in total. The maximum absolute atomic E-state index is 11.8. The third-order valence-corrected chi connectivity index (χ3v) is 3.64. The second-order valence-corrected chi connectivity index (χ2v) is 5.22. The third-order valence-electron chi connectivity index (χ3n) is 3.64. The molecule has 1 aliphatic heterocycles. The van der Waals surface area contributed by atoms with Gasteiger partial charge in [0.1, 0.15) is 0 Å². The van der Waals surface area contributed by atoms with Gasteiger partial charge < -0.3 is 10.6 Å². The van der Waals surface area contributed by atoms with Crippen LogP contribution in [0.25, 0.3) is 0 Å². The number of unbranched alkanes of at least 4 members (excludes halogenated alkanes) is 1. The molecule has 0 atom stereocenters. The second-order valence-electron chi connectivity index (χ2n) is 5.22. The van der Waals surface area contributed by atoms with E-state index >= 15 is 0 Å². The molecule has 1 amide bonds. The maximum atomic E-state index is 11.8. The fourth-order valence-electron chi connectivity index (χ4n) is 2.40. The van der Waals surface area contributed by atoms with Crippen LogP contribution in [0.1, 0.15) is 39.5 Å². The molecule has 0 aromatic heterocycles. The van der Waals surface area contributed by atoms with Crippen LogP contribution in [0.2, 0.25) is 0 Å². The highest BCUT2D eigenvalue weighted by atomic mass is 16.2. The first-order valence-corrected chi connectivity index (χ1v) is 7.46. The summed E-state index contributed by atoms with van der Waals surface area (Å²) in [6.45, 7) is 9.95. The summed E-state index contributed by atoms with van der Waals surface area (Å²) in [5.41, 5.74) is 0. The van der Waals surface area contributed by atoms with Crippen molar-refractivity contribution in [2.24, 2.45) is 5.92 Å². The van der Waals surface area contributed by atoms with E-state index in [2.05, 4.69) is 29.4 Å². The molecular formula is C14H29N3O. The van der Waals surface area contributed by atoms with E-state index in [0.29, 0.717) is 6.54 Å². The topological polar surface area (TPSA) is 44.4 Å². The zero-order chi connectivity index (χ0) is 13.2. The van der Waals surface area contributed by atoms with Crippen LogP contribution in [-0.2, 0) is 4.79 Å². The van der Waals surface area contributed by atoms with Crippen LogP contribution in [0.4, 0.5) is 0 Å². The Morgan fingerprint density at radius 3 is 2.67 bits per heavy atom. The summed E-state index contributed by atoms with van der Waals surface area (Å²) in [5.74, 6) is 0.939. The molecule has 1 rings (SSSR count). The normalized spacial score (nSPS) is 17.1. The number of nitrogens with zero attached hydrogens (tertiary/aromatic N) is 1. The molecular weight excluding hydrogens is 226 g/mol. The number of rotatable bonds is 8. The fourth-order valence-corrected chi connectivity index (χ4v) is 2.40. The summed E-state index contributed by atoms with van der Waals surface area (Å²) in [4.78, 5) is 14.0. The number of amides is 1. The Morgan fingerprint density at radius 1 is 1.33 bits per heavy atom. The van der Waals surface area contributed by atoms with Crippen molar-refractivity contribution in [1.82, 2.24) is 15.5 Å². The van der Waals surface area contributed by atoms with Gasteiger partial charge in [-0.15, -0.1) is 0 Å². The summed E-state index contributed by atoms with van der Waals surface area (Å²) in [5, 5.41) is 6.38. The number of nitrogens with one attached hydrogen (secondary N) is 2. The summed E-state index contributed by atoms with van der Waals surface area (Å²) in [6, 6.07) is 0. The van der Waals surface area contributed by atoms with Crippen molar-refractivity contribution in [3.8, 4) is 0 Å². The van der Waals surface area contributed by atoms with Gasteiger partial charge >= 0.3 is 0 Å². The SMILES string of the molecule is CCCCNC(=O)CN(CC)CC1CCNCC1. The van der Waals surface area contributed by atoms with Gasteiger partial charge in [-0.2, -0.15) is 0 Å². The Hall–Kier alpha value is -0.610. The van der Waals surface area contributed by atoms with Gasteiger partial charge in [-0.1, -0.05) is 20.3 Å². The van der Waals surface area contributed by atoms with Crippen molar-refractivity contribution in [3.05, 3.63) is 0 Å². The van der Waals surface area contributed by atoms with Crippen molar-refractivity contribution in [1.29, 1.82) is 0 Å². The lowest BCUT2D eigenvalue weighted by Gasteiger charge is -2.28. The van der Waals surface area contributed by atoms with Gasteiger partial charge in [0.2, 0.25) is 5.91 Å². The van der Waals surface area contributed by atoms with E-state index < -0.39 is 0 Å². The van der Waals surface area contributed by atoms with Crippen LogP contribution >= 0.6 is 0 Å². The average Bonchev–Trinajstić information content (AvgIpc) is 2.39. The number of hydrogen-bond donors (Lipinski definition) is 2. The lowest BCUT2D eigenvalue weighted by atomic mass is 9.97. The van der Waals surface area contributed by atoms with Crippen LogP contribution in [-0.4, -0.2) is 50.1 Å². The van der Waals surface area contributed by atoms with Gasteiger partial charge in [-0.05, 0) is 44.8 Å². The van der Waals surface area contributed by atoms with E-state index in [1.165, 1.54) is 12.8 Å². The van der Waals surface area contributed by atoms with Crippen LogP contribution in [0.5, 0.6) is 0 Å². The number of carbonyl (C=O) groups is 1. The predicted molar refractivity (Wildman–Crippen MR) is 75.6 cm³/mol. The highest BCUT2D eigenvalue weighted by Crippen LogP contribution is 2.13. The predicted octanol–water partition coefficient (Wildman–Crippen LogP) is 1.22. The minimum Gasteiger partial charge on any atom is -0.355 e. The van der Waals surface area contributed by atoms with Crippen molar-refractivity contribution in [3.63, 3.8) is 0 Å². The number of piperidine rings is 1. The van der Waals surface area contributed by atoms with E-state index in [1.807, 2.05) is 0 Å². The molecule has 106 valence electrons. The Morgan fingerprint density at radius 2 is 2.06 bits per heavy atom. The minimum absolute atomic E-state index is 0.180. The zero-order valence-corrected chi connectivity index (χ0v) is 12.0. The highest BCUT2D eigenvalue weighted by Gasteiger charge is 2.17. The zero-order valence-electron chi connectivity index (χ0n) is 12.0. The molecule has 1 aliphatic rings. The Bertz CT molecular complexity index is 227. The van der Waals surface area contributed by atoms with E-state index in [0.717, 1.165) is 51.5 Å². The molecule has 2 N–H and O–H groups in total. The average molecular weight is 255 g/mol. The lowest BCUT2D eigenvalue weighted by molar-refractivity contribution is -0.122. The molecule has 0 spiro atoms. The van der Waals surface area contributed by atoms with Crippen LogP contribution < -0.4 is 10.6 Å². The number of likely N-dealkylation sites (N-methyl/N-ethyl adjacent to an activating group) is 1. The Kier molecular flexibility index (Phi) is 8.01. The Labute approximate surface area is 111 Å². The van der Waals surface area contributed by atoms with E-state index in [1.54, 1.807) is 0 Å². The molecule has 1 saturated heterocycles. The first kappa shape index (κ1) is 15.4. The lowest BCUT2D eigenvalue weighted by Crippen LogP contribution is -2.41. The van der Waals surface area contributed by atoms with Gasteiger partial charge in [0.25, 0.3) is 0 Å². The van der Waals surface area contributed by atoms with Crippen molar-refractivity contribution < 1.29 is 4.79 Å². The molecule has 0 unspecified atom stereocenters. The Balaban J connectivity index is 2.20. The molecule has 0 aliphatic carbocycles. The van der Waals surface area contributed by atoms with Crippen molar-refractivity contribution in [2.45, 2.75) is 39.5 Å². The maximum Gasteiger partial charge on any atom is 0.234 e. The van der Waals surface area contributed by atoms with Gasteiger partial charge in [-0.3, -0.25) is 9.69 Å². The van der Waals surface area contributed by atoms with Crippen LogP contribution in [0.15, 0.2) is 0 Å². The molecule has 0 bridgehead atoms. The van der Waals surface area contributed by atoms with E-state index in [9.17, 15) is 4.79 Å². The molecule has 1 heterocycles. The molecule has 0 aromatic carbocycles. The smallest absolute Gasteiger partial charge is 0.234 e. The highest BCUT2D eigenvalue weighted by molar-refractivity contribution is 5.77. The quantitative estimate of drug-likeness (QED) is 0.641. The van der Waals surface area contributed by atoms with Gasteiger partial charge in [-0.25, -0.2) is 0 Å². The summed E-state index contributed by atoms with van der Waals surface area (Å²) in [6.07, 6.45) is 4.70. The monoisotopic (exact) mass is 255 g/mol. The molecule has 0 aromatic rings. The molecule has 18 heavy (non-hydrogen) atoms. The van der Waals surface area contributed by atoms with Gasteiger partial charge in [0.15, 0.2) is 0 Å². The van der Waals surface area contributed by atoms with Gasteiger partial charge in [0.05, 0.1) is 6.54 Å². The molecule has 0 saturated carbocycles. The first-order valence-electron chi connectivity index (χ1n) is 7.46.